The Balaban J connectivity index is 1.88. The van der Waals surface area contributed by atoms with Crippen molar-refractivity contribution in [1.29, 1.82) is 0 Å². The van der Waals surface area contributed by atoms with Gasteiger partial charge in [-0.2, -0.15) is 0 Å². The van der Waals surface area contributed by atoms with Gasteiger partial charge in [0.1, 0.15) is 0 Å². The van der Waals surface area contributed by atoms with Crippen LogP contribution in [0.4, 0.5) is 0 Å². The summed E-state index contributed by atoms with van der Waals surface area (Å²) < 4.78 is 0. The first-order valence-corrected chi connectivity index (χ1v) is 5.09. The van der Waals surface area contributed by atoms with Crippen molar-refractivity contribution in [3.63, 3.8) is 0 Å². The molecule has 0 aliphatic heterocycles. The van der Waals surface area contributed by atoms with E-state index in [1.165, 1.54) is 0 Å². The fourth-order valence-electron chi connectivity index (χ4n) is 1.32. The van der Waals surface area contributed by atoms with Crippen LogP contribution in [0.3, 0.4) is 0 Å². The molecule has 1 saturated carbocycles. The first-order valence-electron chi connectivity index (χ1n) is 5.09. The van der Waals surface area contributed by atoms with Gasteiger partial charge in [0.05, 0.1) is 5.54 Å². The summed E-state index contributed by atoms with van der Waals surface area (Å²) in [4.78, 5) is 15.7. The Labute approximate surface area is 88.9 Å². The van der Waals surface area contributed by atoms with Gasteiger partial charge in [0.15, 0.2) is 0 Å². The molecule has 0 saturated heterocycles. The molecule has 4 heteroatoms. The second-order valence-electron chi connectivity index (χ2n) is 4.15. The fraction of sp³-hybridized carbons (Fsp3) is 0.455. The lowest BCUT2D eigenvalue weighted by Gasteiger charge is -2.09. The van der Waals surface area contributed by atoms with Crippen molar-refractivity contribution in [3.8, 4) is 0 Å². The molecule has 80 valence electrons. The number of nitrogens with zero attached hydrogens (tertiary/aromatic N) is 1. The normalized spacial score (nSPS) is 17.2. The predicted octanol–water partition coefficient (Wildman–Crippen LogP) is 0.498. The van der Waals surface area contributed by atoms with Gasteiger partial charge < -0.3 is 11.1 Å². The Morgan fingerprint density at radius 1 is 1.60 bits per heavy atom. The quantitative estimate of drug-likeness (QED) is 0.755. The zero-order chi connectivity index (χ0) is 10.9. The summed E-state index contributed by atoms with van der Waals surface area (Å²) in [5.74, 6) is -0.0527. The number of carbonyl (C=O) groups is 1. The van der Waals surface area contributed by atoms with Gasteiger partial charge in [-0.15, -0.1) is 0 Å². The number of hydrogen-bond donors (Lipinski definition) is 2. The summed E-state index contributed by atoms with van der Waals surface area (Å²) in [7, 11) is 0. The van der Waals surface area contributed by atoms with Gasteiger partial charge in [-0.05, 0) is 31.4 Å². The van der Waals surface area contributed by atoms with Crippen molar-refractivity contribution in [1.82, 2.24) is 10.3 Å². The number of pyridine rings is 1. The van der Waals surface area contributed by atoms with Gasteiger partial charge in [-0.25, -0.2) is 0 Å². The molecule has 0 atom stereocenters. The molecule has 0 bridgehead atoms. The Kier molecular flexibility index (Phi) is 2.44. The van der Waals surface area contributed by atoms with Crippen LogP contribution in [0, 0.1) is 6.92 Å². The molecule has 15 heavy (non-hydrogen) atoms. The minimum atomic E-state index is -0.585. The van der Waals surface area contributed by atoms with Crippen LogP contribution >= 0.6 is 0 Å². The molecular formula is C11H15N3O. The number of aryl methyl sites for hydroxylation is 1. The van der Waals surface area contributed by atoms with Crippen LogP contribution in [0.25, 0.3) is 0 Å². The van der Waals surface area contributed by atoms with Crippen LogP contribution < -0.4 is 11.1 Å². The number of nitrogens with one attached hydrogen (secondary N) is 1. The standard InChI is InChI=1S/C11H15N3O/c1-8-2-3-9(6-13-8)7-14-10(15)11(12)4-5-11/h2-3,6H,4-5,7,12H2,1H3,(H,14,15). The predicted molar refractivity (Wildman–Crippen MR) is 57.0 cm³/mol. The minimum absolute atomic E-state index is 0.0527. The summed E-state index contributed by atoms with van der Waals surface area (Å²) in [6.07, 6.45) is 3.36. The molecule has 2 rings (SSSR count). The fourth-order valence-corrected chi connectivity index (χ4v) is 1.32. The van der Waals surface area contributed by atoms with Crippen LogP contribution in [0.15, 0.2) is 18.3 Å². The molecular weight excluding hydrogens is 190 g/mol. The topological polar surface area (TPSA) is 68.0 Å². The largest absolute Gasteiger partial charge is 0.350 e. The lowest BCUT2D eigenvalue weighted by atomic mass is 10.2. The zero-order valence-corrected chi connectivity index (χ0v) is 8.79. The van der Waals surface area contributed by atoms with Crippen molar-refractivity contribution in [2.45, 2.75) is 31.8 Å². The van der Waals surface area contributed by atoms with Crippen molar-refractivity contribution in [2.75, 3.05) is 0 Å². The van der Waals surface area contributed by atoms with E-state index in [0.29, 0.717) is 6.54 Å². The Bertz CT molecular complexity index is 368. The first kappa shape index (κ1) is 10.1. The van der Waals surface area contributed by atoms with Gasteiger partial charge in [0.2, 0.25) is 5.91 Å². The van der Waals surface area contributed by atoms with Gasteiger partial charge in [0.25, 0.3) is 0 Å². The Morgan fingerprint density at radius 3 is 2.87 bits per heavy atom. The van der Waals surface area contributed by atoms with Gasteiger partial charge in [-0.3, -0.25) is 9.78 Å². The maximum Gasteiger partial charge on any atom is 0.240 e. The van der Waals surface area contributed by atoms with Crippen LogP contribution in [0.5, 0.6) is 0 Å². The van der Waals surface area contributed by atoms with Crippen molar-refractivity contribution >= 4 is 5.91 Å². The molecule has 1 fully saturated rings. The van der Waals surface area contributed by atoms with Crippen molar-refractivity contribution < 1.29 is 4.79 Å². The molecule has 1 aliphatic rings. The molecule has 1 aliphatic carbocycles. The number of rotatable bonds is 3. The highest BCUT2D eigenvalue weighted by atomic mass is 16.2. The second kappa shape index (κ2) is 3.62. The van der Waals surface area contributed by atoms with Crippen LogP contribution in [0.2, 0.25) is 0 Å². The van der Waals surface area contributed by atoms with E-state index in [1.807, 2.05) is 19.1 Å². The number of carbonyl (C=O) groups excluding carboxylic acids is 1. The first-order chi connectivity index (χ1) is 7.10. The smallest absolute Gasteiger partial charge is 0.240 e. The number of nitrogens with two attached hydrogens (primary N) is 1. The van der Waals surface area contributed by atoms with E-state index < -0.39 is 5.54 Å². The maximum atomic E-state index is 11.5. The summed E-state index contributed by atoms with van der Waals surface area (Å²) in [5, 5.41) is 2.82. The number of aromatic nitrogens is 1. The molecule has 0 radical (unpaired) electrons. The van der Waals surface area contributed by atoms with Gasteiger partial charge in [0, 0.05) is 18.4 Å². The maximum absolute atomic E-state index is 11.5. The van der Waals surface area contributed by atoms with Crippen molar-refractivity contribution in [2.24, 2.45) is 5.73 Å². The van der Waals surface area contributed by atoms with E-state index in [-0.39, 0.29) is 5.91 Å². The van der Waals surface area contributed by atoms with Gasteiger partial charge in [-0.1, -0.05) is 6.07 Å². The average Bonchev–Trinajstić information content (AvgIpc) is 2.97. The van der Waals surface area contributed by atoms with E-state index in [0.717, 1.165) is 24.1 Å². The summed E-state index contributed by atoms with van der Waals surface area (Å²) in [5.41, 5.74) is 7.14. The molecule has 1 aromatic heterocycles. The van der Waals surface area contributed by atoms with Crippen LogP contribution in [-0.4, -0.2) is 16.4 Å². The highest BCUT2D eigenvalue weighted by Gasteiger charge is 2.45. The lowest BCUT2D eigenvalue weighted by Crippen LogP contribution is -2.42. The summed E-state index contributed by atoms with van der Waals surface area (Å²) >= 11 is 0. The van der Waals surface area contributed by atoms with Crippen molar-refractivity contribution in [3.05, 3.63) is 29.6 Å². The van der Waals surface area contributed by atoms with E-state index >= 15 is 0 Å². The Morgan fingerprint density at radius 2 is 2.33 bits per heavy atom. The van der Waals surface area contributed by atoms with E-state index in [4.69, 9.17) is 5.73 Å². The molecule has 0 aromatic carbocycles. The summed E-state index contributed by atoms with van der Waals surface area (Å²) in [6.45, 7) is 2.44. The minimum Gasteiger partial charge on any atom is -0.350 e. The van der Waals surface area contributed by atoms with Gasteiger partial charge >= 0.3 is 0 Å². The third-order valence-electron chi connectivity index (χ3n) is 2.67. The highest BCUT2D eigenvalue weighted by molar-refractivity contribution is 5.88. The number of amides is 1. The highest BCUT2D eigenvalue weighted by Crippen LogP contribution is 2.32. The molecule has 0 unspecified atom stereocenters. The molecule has 0 spiro atoms. The third-order valence-corrected chi connectivity index (χ3v) is 2.67. The number of hydrogen-bond acceptors (Lipinski definition) is 3. The SMILES string of the molecule is Cc1ccc(CNC(=O)C2(N)CC2)cn1. The Hall–Kier alpha value is -1.42. The van der Waals surface area contributed by atoms with Crippen LogP contribution in [-0.2, 0) is 11.3 Å². The molecule has 1 amide bonds. The summed E-state index contributed by atoms with van der Waals surface area (Å²) in [6, 6.07) is 3.88. The monoisotopic (exact) mass is 205 g/mol. The molecule has 3 N–H and O–H groups in total. The molecule has 1 heterocycles. The van der Waals surface area contributed by atoms with E-state index in [1.54, 1.807) is 6.20 Å². The van der Waals surface area contributed by atoms with Crippen LogP contribution in [0.1, 0.15) is 24.1 Å². The second-order valence-corrected chi connectivity index (χ2v) is 4.15. The van der Waals surface area contributed by atoms with E-state index in [2.05, 4.69) is 10.3 Å². The third kappa shape index (κ3) is 2.33. The lowest BCUT2D eigenvalue weighted by molar-refractivity contribution is -0.123. The average molecular weight is 205 g/mol. The molecule has 1 aromatic rings. The molecule has 4 nitrogen and oxygen atoms in total. The zero-order valence-electron chi connectivity index (χ0n) is 8.79. The van der Waals surface area contributed by atoms with E-state index in [9.17, 15) is 4.79 Å².